The zero-order chi connectivity index (χ0) is 12.3. The highest BCUT2D eigenvalue weighted by Crippen LogP contribution is 2.28. The smallest absolute Gasteiger partial charge is 0.223 e. The van der Waals surface area contributed by atoms with Crippen LogP contribution < -0.4 is 16.4 Å². The molecule has 1 amide bonds. The number of aryl methyl sites for hydroxylation is 1. The lowest BCUT2D eigenvalue weighted by Crippen LogP contribution is -2.29. The van der Waals surface area contributed by atoms with E-state index >= 15 is 0 Å². The monoisotopic (exact) mass is 234 g/mol. The van der Waals surface area contributed by atoms with Gasteiger partial charge in [-0.05, 0) is 31.9 Å². The van der Waals surface area contributed by atoms with Crippen LogP contribution in [0.4, 0.5) is 11.5 Å². The van der Waals surface area contributed by atoms with Crippen LogP contribution in [0.2, 0.25) is 0 Å². The van der Waals surface area contributed by atoms with Crippen molar-refractivity contribution in [1.29, 1.82) is 0 Å². The fourth-order valence-corrected chi connectivity index (χ4v) is 1.54. The summed E-state index contributed by atoms with van der Waals surface area (Å²) in [7, 11) is 0. The molecule has 1 aromatic heterocycles. The summed E-state index contributed by atoms with van der Waals surface area (Å²) in [6.45, 7) is 3.17. The van der Waals surface area contributed by atoms with Crippen molar-refractivity contribution in [1.82, 2.24) is 10.3 Å². The van der Waals surface area contributed by atoms with E-state index in [2.05, 4.69) is 15.6 Å². The number of pyridine rings is 1. The summed E-state index contributed by atoms with van der Waals surface area (Å²) in [4.78, 5) is 15.6. The van der Waals surface area contributed by atoms with Crippen molar-refractivity contribution in [2.45, 2.75) is 19.8 Å². The van der Waals surface area contributed by atoms with E-state index in [9.17, 15) is 4.79 Å². The van der Waals surface area contributed by atoms with Crippen LogP contribution in [0.15, 0.2) is 12.1 Å². The van der Waals surface area contributed by atoms with E-state index in [0.29, 0.717) is 18.8 Å². The molecule has 2 rings (SSSR count). The van der Waals surface area contributed by atoms with Crippen LogP contribution in [-0.4, -0.2) is 24.0 Å². The molecule has 0 atom stereocenters. The van der Waals surface area contributed by atoms with Crippen molar-refractivity contribution >= 4 is 17.4 Å². The van der Waals surface area contributed by atoms with Crippen LogP contribution >= 0.6 is 0 Å². The summed E-state index contributed by atoms with van der Waals surface area (Å²) in [5, 5.41) is 6.03. The first-order valence-corrected chi connectivity index (χ1v) is 5.91. The van der Waals surface area contributed by atoms with Crippen LogP contribution in [0.5, 0.6) is 0 Å². The van der Waals surface area contributed by atoms with Crippen molar-refractivity contribution in [2.24, 2.45) is 5.92 Å². The average Bonchev–Trinajstić information content (AvgIpc) is 3.13. The molecule has 0 radical (unpaired) electrons. The Balaban J connectivity index is 1.70. The van der Waals surface area contributed by atoms with Crippen molar-refractivity contribution in [3.8, 4) is 0 Å². The number of hydrogen-bond donors (Lipinski definition) is 3. The molecular weight excluding hydrogens is 216 g/mol. The van der Waals surface area contributed by atoms with Crippen LogP contribution in [0, 0.1) is 12.8 Å². The number of aromatic nitrogens is 1. The average molecular weight is 234 g/mol. The lowest BCUT2D eigenvalue weighted by Gasteiger charge is -2.08. The largest absolute Gasteiger partial charge is 0.397 e. The van der Waals surface area contributed by atoms with Crippen molar-refractivity contribution in [3.63, 3.8) is 0 Å². The zero-order valence-electron chi connectivity index (χ0n) is 9.99. The molecule has 4 N–H and O–H groups in total. The number of nitrogens with zero attached hydrogens (tertiary/aromatic N) is 1. The lowest BCUT2D eigenvalue weighted by atomic mass is 10.3. The number of nitrogen functional groups attached to an aromatic ring is 1. The number of nitrogens with two attached hydrogens (primary N) is 1. The summed E-state index contributed by atoms with van der Waals surface area (Å²) in [5.41, 5.74) is 7.19. The van der Waals surface area contributed by atoms with E-state index < -0.39 is 0 Å². The first-order chi connectivity index (χ1) is 8.16. The molecule has 1 aliphatic carbocycles. The molecule has 0 unspecified atom stereocenters. The second-order valence-electron chi connectivity index (χ2n) is 4.36. The Morgan fingerprint density at radius 2 is 2.24 bits per heavy atom. The molecule has 0 saturated heterocycles. The standard InChI is InChI=1S/C12H18N4O/c1-8-10(13)4-5-11(16-8)14-6-7-15-12(17)9-2-3-9/h4-5,9H,2-3,6-7,13H2,1H3,(H,14,16)(H,15,17). The lowest BCUT2D eigenvalue weighted by molar-refractivity contribution is -0.122. The maximum atomic E-state index is 11.3. The minimum Gasteiger partial charge on any atom is -0.397 e. The van der Waals surface area contributed by atoms with Crippen molar-refractivity contribution in [2.75, 3.05) is 24.1 Å². The third kappa shape index (κ3) is 3.34. The third-order valence-electron chi connectivity index (χ3n) is 2.81. The highest BCUT2D eigenvalue weighted by molar-refractivity contribution is 5.80. The molecule has 1 saturated carbocycles. The van der Waals surface area contributed by atoms with E-state index in [-0.39, 0.29) is 11.8 Å². The van der Waals surface area contributed by atoms with E-state index in [4.69, 9.17) is 5.73 Å². The van der Waals surface area contributed by atoms with Gasteiger partial charge in [-0.2, -0.15) is 0 Å². The van der Waals surface area contributed by atoms with Gasteiger partial charge in [0.25, 0.3) is 0 Å². The fraction of sp³-hybridized carbons (Fsp3) is 0.500. The third-order valence-corrected chi connectivity index (χ3v) is 2.81. The molecule has 5 heteroatoms. The number of hydrogen-bond acceptors (Lipinski definition) is 4. The minimum absolute atomic E-state index is 0.174. The predicted molar refractivity (Wildman–Crippen MR) is 67.6 cm³/mol. The Morgan fingerprint density at radius 3 is 2.88 bits per heavy atom. The van der Waals surface area contributed by atoms with Gasteiger partial charge < -0.3 is 16.4 Å². The van der Waals surface area contributed by atoms with Gasteiger partial charge in [0.05, 0.1) is 11.4 Å². The molecule has 0 aromatic carbocycles. The van der Waals surface area contributed by atoms with Crippen molar-refractivity contribution in [3.05, 3.63) is 17.8 Å². The summed E-state index contributed by atoms with van der Waals surface area (Å²) < 4.78 is 0. The Kier molecular flexibility index (Phi) is 3.46. The van der Waals surface area contributed by atoms with Crippen LogP contribution in [-0.2, 0) is 4.79 Å². The normalized spacial score (nSPS) is 14.4. The second-order valence-corrected chi connectivity index (χ2v) is 4.36. The van der Waals surface area contributed by atoms with Crippen molar-refractivity contribution < 1.29 is 4.79 Å². The molecule has 1 heterocycles. The van der Waals surface area contributed by atoms with Gasteiger partial charge in [0, 0.05) is 19.0 Å². The quantitative estimate of drug-likeness (QED) is 0.662. The summed E-state index contributed by atoms with van der Waals surface area (Å²) >= 11 is 0. The van der Waals surface area contributed by atoms with Gasteiger partial charge in [-0.3, -0.25) is 4.79 Å². The number of amides is 1. The van der Waals surface area contributed by atoms with Crippen LogP contribution in [0.25, 0.3) is 0 Å². The Hall–Kier alpha value is -1.78. The number of carbonyl (C=O) groups excluding carboxylic acids is 1. The zero-order valence-corrected chi connectivity index (χ0v) is 9.99. The Bertz CT molecular complexity index is 415. The summed E-state index contributed by atoms with van der Waals surface area (Å²) in [5.74, 6) is 1.23. The first-order valence-electron chi connectivity index (χ1n) is 5.91. The predicted octanol–water partition coefficient (Wildman–Crippen LogP) is 0.910. The van der Waals surface area contributed by atoms with Gasteiger partial charge in [0.1, 0.15) is 5.82 Å². The highest BCUT2D eigenvalue weighted by Gasteiger charge is 2.28. The summed E-state index contributed by atoms with van der Waals surface area (Å²) in [6, 6.07) is 3.67. The molecule has 0 bridgehead atoms. The van der Waals surface area contributed by atoms with Gasteiger partial charge in [0.15, 0.2) is 0 Å². The Labute approximate surface area is 101 Å². The maximum Gasteiger partial charge on any atom is 0.223 e. The molecule has 92 valence electrons. The van der Waals surface area contributed by atoms with Crippen LogP contribution in [0.3, 0.4) is 0 Å². The van der Waals surface area contributed by atoms with E-state index in [0.717, 1.165) is 24.4 Å². The molecule has 5 nitrogen and oxygen atoms in total. The second kappa shape index (κ2) is 5.03. The van der Waals surface area contributed by atoms with Gasteiger partial charge >= 0.3 is 0 Å². The van der Waals surface area contributed by atoms with Gasteiger partial charge in [-0.25, -0.2) is 4.98 Å². The molecule has 1 fully saturated rings. The van der Waals surface area contributed by atoms with Gasteiger partial charge in [-0.15, -0.1) is 0 Å². The minimum atomic E-state index is 0.174. The Morgan fingerprint density at radius 1 is 1.47 bits per heavy atom. The molecule has 0 spiro atoms. The summed E-state index contributed by atoms with van der Waals surface area (Å²) in [6.07, 6.45) is 2.08. The van der Waals surface area contributed by atoms with Gasteiger partial charge in [0.2, 0.25) is 5.91 Å². The van der Waals surface area contributed by atoms with E-state index in [1.165, 1.54) is 0 Å². The molecule has 1 aromatic rings. The van der Waals surface area contributed by atoms with E-state index in [1.54, 1.807) is 0 Å². The maximum absolute atomic E-state index is 11.3. The SMILES string of the molecule is Cc1nc(NCCNC(=O)C2CC2)ccc1N. The molecular formula is C12H18N4O. The number of rotatable bonds is 5. The van der Waals surface area contributed by atoms with Gasteiger partial charge in [-0.1, -0.05) is 0 Å². The van der Waals surface area contributed by atoms with Crippen LogP contribution in [0.1, 0.15) is 18.5 Å². The molecule has 0 aliphatic heterocycles. The highest BCUT2D eigenvalue weighted by atomic mass is 16.2. The number of carbonyl (C=O) groups is 1. The first kappa shape index (κ1) is 11.7. The molecule has 17 heavy (non-hydrogen) atoms. The number of nitrogens with one attached hydrogen (secondary N) is 2. The van der Waals surface area contributed by atoms with E-state index in [1.807, 2.05) is 19.1 Å². The number of anilines is 2. The topological polar surface area (TPSA) is 80.0 Å². The molecule has 1 aliphatic rings. The fourth-order valence-electron chi connectivity index (χ4n) is 1.54.